The fourth-order valence-corrected chi connectivity index (χ4v) is 2.27. The highest BCUT2D eigenvalue weighted by molar-refractivity contribution is 5.78. The number of nitrogens with one attached hydrogen (secondary N) is 1. The van der Waals surface area contributed by atoms with E-state index in [-0.39, 0.29) is 24.7 Å². The molecule has 0 atom stereocenters. The van der Waals surface area contributed by atoms with Crippen molar-refractivity contribution in [2.75, 3.05) is 6.54 Å². The van der Waals surface area contributed by atoms with E-state index >= 15 is 0 Å². The molecule has 4 heteroatoms. The molecule has 1 saturated carbocycles. The average Bonchev–Trinajstić information content (AvgIpc) is 2.30. The Hall–Kier alpha value is -0.670. The largest absolute Gasteiger partial charge is 0.356 e. The number of carbonyl (C=O) groups excluding carboxylic acids is 1. The Kier molecular flexibility index (Phi) is 5.34. The van der Waals surface area contributed by atoms with E-state index in [1.165, 1.54) is 0 Å². The van der Waals surface area contributed by atoms with Crippen molar-refractivity contribution >= 4 is 5.91 Å². The van der Waals surface area contributed by atoms with Gasteiger partial charge in [0.25, 0.3) is 0 Å². The van der Waals surface area contributed by atoms with Crippen LogP contribution in [0.5, 0.6) is 0 Å². The van der Waals surface area contributed by atoms with Gasteiger partial charge in [0.1, 0.15) is 0 Å². The summed E-state index contributed by atoms with van der Waals surface area (Å²) in [6, 6.07) is 0. The fourth-order valence-electron chi connectivity index (χ4n) is 2.27. The summed E-state index contributed by atoms with van der Waals surface area (Å²) < 4.78 is 25.9. The third-order valence-corrected chi connectivity index (χ3v) is 3.81. The smallest absolute Gasteiger partial charge is 0.248 e. The number of hydrogen-bond acceptors (Lipinski definition) is 1. The maximum atomic E-state index is 12.9. The molecule has 100 valence electrons. The number of halogens is 2. The molecular weight excluding hydrogens is 224 g/mol. The molecule has 0 saturated heterocycles. The maximum absolute atomic E-state index is 12.9. The van der Waals surface area contributed by atoms with E-state index in [0.717, 1.165) is 12.8 Å². The first-order valence-electron chi connectivity index (χ1n) is 6.64. The molecule has 0 heterocycles. The van der Waals surface area contributed by atoms with Crippen LogP contribution in [0, 0.1) is 11.8 Å². The first kappa shape index (κ1) is 14.4. The molecule has 0 aromatic rings. The van der Waals surface area contributed by atoms with Crippen LogP contribution < -0.4 is 5.32 Å². The van der Waals surface area contributed by atoms with Crippen LogP contribution in [0.2, 0.25) is 0 Å². The van der Waals surface area contributed by atoms with Crippen LogP contribution in [-0.2, 0) is 4.79 Å². The van der Waals surface area contributed by atoms with Crippen molar-refractivity contribution in [3.8, 4) is 0 Å². The van der Waals surface area contributed by atoms with Gasteiger partial charge in [0, 0.05) is 25.3 Å². The maximum Gasteiger partial charge on any atom is 0.248 e. The van der Waals surface area contributed by atoms with Crippen LogP contribution in [-0.4, -0.2) is 18.4 Å². The van der Waals surface area contributed by atoms with Crippen molar-refractivity contribution in [2.45, 2.75) is 58.3 Å². The van der Waals surface area contributed by atoms with E-state index in [1.54, 1.807) is 0 Å². The summed E-state index contributed by atoms with van der Waals surface area (Å²) in [4.78, 5) is 11.8. The highest BCUT2D eigenvalue weighted by Gasteiger charge is 2.37. The molecular formula is C13H23F2NO. The van der Waals surface area contributed by atoms with Gasteiger partial charge in [0.2, 0.25) is 11.8 Å². The molecule has 1 N–H and O–H groups in total. The summed E-state index contributed by atoms with van der Waals surface area (Å²) >= 11 is 0. The molecule has 0 radical (unpaired) electrons. The van der Waals surface area contributed by atoms with Crippen molar-refractivity contribution < 1.29 is 13.6 Å². The minimum Gasteiger partial charge on any atom is -0.356 e. The monoisotopic (exact) mass is 247 g/mol. The Morgan fingerprint density at radius 1 is 1.29 bits per heavy atom. The van der Waals surface area contributed by atoms with Crippen molar-refractivity contribution in [3.63, 3.8) is 0 Å². The highest BCUT2D eigenvalue weighted by atomic mass is 19.3. The Morgan fingerprint density at radius 3 is 2.29 bits per heavy atom. The van der Waals surface area contributed by atoms with E-state index in [1.807, 2.05) is 0 Å². The lowest BCUT2D eigenvalue weighted by atomic mass is 9.86. The second kappa shape index (κ2) is 6.31. The second-order valence-electron chi connectivity index (χ2n) is 5.06. The summed E-state index contributed by atoms with van der Waals surface area (Å²) in [5, 5.41) is 2.90. The predicted octanol–water partition coefficient (Wildman–Crippen LogP) is 3.36. The molecule has 1 aliphatic carbocycles. The normalized spacial score (nSPS) is 20.5. The summed E-state index contributed by atoms with van der Waals surface area (Å²) in [7, 11) is 0. The predicted molar refractivity (Wildman–Crippen MR) is 64.0 cm³/mol. The molecule has 0 aliphatic heterocycles. The van der Waals surface area contributed by atoms with Gasteiger partial charge < -0.3 is 5.32 Å². The van der Waals surface area contributed by atoms with Gasteiger partial charge in [0.05, 0.1) is 0 Å². The minimum atomic E-state index is -2.55. The van der Waals surface area contributed by atoms with Crippen LogP contribution in [0.25, 0.3) is 0 Å². The molecule has 0 aromatic heterocycles. The quantitative estimate of drug-likeness (QED) is 0.793. The van der Waals surface area contributed by atoms with Crippen LogP contribution >= 0.6 is 0 Å². The van der Waals surface area contributed by atoms with Gasteiger partial charge in [-0.15, -0.1) is 0 Å². The second-order valence-corrected chi connectivity index (χ2v) is 5.06. The van der Waals surface area contributed by atoms with Crippen LogP contribution in [0.3, 0.4) is 0 Å². The van der Waals surface area contributed by atoms with E-state index in [0.29, 0.717) is 25.3 Å². The molecule has 0 spiro atoms. The number of amides is 1. The Labute approximate surface area is 102 Å². The standard InChI is InChI=1S/C13H23F2NO/c1-3-10(4-2)9-16-12(17)11-5-7-13(14,15)8-6-11/h10-11H,3-9H2,1-2H3,(H,16,17). The number of rotatable bonds is 5. The molecule has 1 amide bonds. The van der Waals surface area contributed by atoms with Crippen molar-refractivity contribution in [2.24, 2.45) is 11.8 Å². The van der Waals surface area contributed by atoms with Gasteiger partial charge in [0.15, 0.2) is 0 Å². The van der Waals surface area contributed by atoms with Crippen LogP contribution in [0.4, 0.5) is 8.78 Å². The molecule has 1 aliphatic rings. The Morgan fingerprint density at radius 2 is 1.82 bits per heavy atom. The number of alkyl halides is 2. The summed E-state index contributed by atoms with van der Waals surface area (Å²) in [6.07, 6.45) is 2.44. The van der Waals surface area contributed by atoms with Crippen molar-refractivity contribution in [3.05, 3.63) is 0 Å². The van der Waals surface area contributed by atoms with E-state index in [9.17, 15) is 13.6 Å². The molecule has 0 bridgehead atoms. The van der Waals surface area contributed by atoms with E-state index < -0.39 is 5.92 Å². The van der Waals surface area contributed by atoms with Crippen LogP contribution in [0.15, 0.2) is 0 Å². The molecule has 0 unspecified atom stereocenters. The Bertz CT molecular complexity index is 242. The summed E-state index contributed by atoms with van der Waals surface area (Å²) in [5.74, 6) is -2.29. The zero-order chi connectivity index (χ0) is 12.9. The Balaban J connectivity index is 2.29. The lowest BCUT2D eigenvalue weighted by molar-refractivity contribution is -0.129. The molecule has 0 aromatic carbocycles. The van der Waals surface area contributed by atoms with E-state index in [4.69, 9.17) is 0 Å². The zero-order valence-electron chi connectivity index (χ0n) is 10.8. The molecule has 2 nitrogen and oxygen atoms in total. The number of carbonyl (C=O) groups is 1. The summed E-state index contributed by atoms with van der Waals surface area (Å²) in [6.45, 7) is 4.88. The summed E-state index contributed by atoms with van der Waals surface area (Å²) in [5.41, 5.74) is 0. The SMILES string of the molecule is CCC(CC)CNC(=O)C1CCC(F)(F)CC1. The highest BCUT2D eigenvalue weighted by Crippen LogP contribution is 2.36. The molecule has 1 rings (SSSR count). The van der Waals surface area contributed by atoms with Gasteiger partial charge in [-0.2, -0.15) is 0 Å². The van der Waals surface area contributed by atoms with Crippen molar-refractivity contribution in [1.29, 1.82) is 0 Å². The van der Waals surface area contributed by atoms with Gasteiger partial charge in [-0.1, -0.05) is 26.7 Å². The lowest BCUT2D eigenvalue weighted by Gasteiger charge is -2.27. The third kappa shape index (κ3) is 4.60. The van der Waals surface area contributed by atoms with Crippen LogP contribution in [0.1, 0.15) is 52.4 Å². The van der Waals surface area contributed by atoms with Gasteiger partial charge in [-0.3, -0.25) is 4.79 Å². The van der Waals surface area contributed by atoms with E-state index in [2.05, 4.69) is 19.2 Å². The average molecular weight is 247 g/mol. The van der Waals surface area contributed by atoms with Gasteiger partial charge >= 0.3 is 0 Å². The fraction of sp³-hybridized carbons (Fsp3) is 0.923. The lowest BCUT2D eigenvalue weighted by Crippen LogP contribution is -2.37. The first-order chi connectivity index (χ1) is 7.98. The topological polar surface area (TPSA) is 29.1 Å². The third-order valence-electron chi connectivity index (χ3n) is 3.81. The van der Waals surface area contributed by atoms with Gasteiger partial charge in [-0.25, -0.2) is 8.78 Å². The van der Waals surface area contributed by atoms with Gasteiger partial charge in [-0.05, 0) is 18.8 Å². The molecule has 17 heavy (non-hydrogen) atoms. The number of hydrogen-bond donors (Lipinski definition) is 1. The molecule has 1 fully saturated rings. The zero-order valence-corrected chi connectivity index (χ0v) is 10.8. The first-order valence-corrected chi connectivity index (χ1v) is 6.64. The van der Waals surface area contributed by atoms with Crippen molar-refractivity contribution in [1.82, 2.24) is 5.32 Å². The minimum absolute atomic E-state index is 0.0348.